The second kappa shape index (κ2) is 16.0. The average Bonchev–Trinajstić information content (AvgIpc) is 2.68. The normalized spacial score (nSPS) is 11.2. The van der Waals surface area contributed by atoms with E-state index >= 15 is 0 Å². The van der Waals surface area contributed by atoms with Crippen molar-refractivity contribution in [3.63, 3.8) is 0 Å². The van der Waals surface area contributed by atoms with Gasteiger partial charge in [-0.1, -0.05) is 97.5 Å². The predicted octanol–water partition coefficient (Wildman–Crippen LogP) is 8.54. The summed E-state index contributed by atoms with van der Waals surface area (Å²) in [6.07, 6.45) is 22.0. The summed E-state index contributed by atoms with van der Waals surface area (Å²) in [7, 11) is 0. The van der Waals surface area contributed by atoms with Gasteiger partial charge in [0.2, 0.25) is 0 Å². The molecule has 0 atom stereocenters. The van der Waals surface area contributed by atoms with Crippen LogP contribution < -0.4 is 0 Å². The van der Waals surface area contributed by atoms with E-state index in [9.17, 15) is 5.11 Å². The summed E-state index contributed by atoms with van der Waals surface area (Å²) in [4.78, 5) is 0. The molecule has 1 aromatic rings. The molecule has 1 heteroatoms. The Bertz CT molecular complexity index is 477. The van der Waals surface area contributed by atoms with Crippen LogP contribution in [0, 0.1) is 0 Å². The molecule has 0 bridgehead atoms. The minimum Gasteiger partial charge on any atom is -0.508 e. The predicted molar refractivity (Wildman–Crippen MR) is 121 cm³/mol. The van der Waals surface area contributed by atoms with Crippen LogP contribution >= 0.6 is 0 Å². The molecule has 156 valence electrons. The third-order valence-electron chi connectivity index (χ3n) is 5.86. The lowest BCUT2D eigenvalue weighted by molar-refractivity contribution is 0.463. The van der Waals surface area contributed by atoms with Gasteiger partial charge in [-0.15, -0.1) is 0 Å². The van der Waals surface area contributed by atoms with Crippen molar-refractivity contribution >= 4 is 0 Å². The Kier molecular flexibility index (Phi) is 14.3. The van der Waals surface area contributed by atoms with E-state index in [1.165, 1.54) is 113 Å². The van der Waals surface area contributed by atoms with Crippen molar-refractivity contribution in [2.75, 3.05) is 0 Å². The molecule has 0 fully saturated rings. The molecule has 0 aliphatic heterocycles. The highest BCUT2D eigenvalue weighted by molar-refractivity contribution is 5.45. The first-order valence-electron chi connectivity index (χ1n) is 12.1. The molecule has 0 spiro atoms. The van der Waals surface area contributed by atoms with Crippen LogP contribution in [-0.4, -0.2) is 5.11 Å². The third kappa shape index (κ3) is 10.2. The van der Waals surface area contributed by atoms with Gasteiger partial charge in [-0.3, -0.25) is 0 Å². The van der Waals surface area contributed by atoms with E-state index in [2.05, 4.69) is 26.8 Å². The summed E-state index contributed by atoms with van der Waals surface area (Å²) in [6.45, 7) is 6.80. The van der Waals surface area contributed by atoms with E-state index in [1.807, 2.05) is 6.07 Å². The minimum atomic E-state index is 0.539. The Balaban J connectivity index is 2.43. The molecule has 0 heterocycles. The lowest BCUT2D eigenvalue weighted by Crippen LogP contribution is -2.02. The summed E-state index contributed by atoms with van der Waals surface area (Å²) in [6, 6.07) is 4.13. The topological polar surface area (TPSA) is 20.2 Å². The van der Waals surface area contributed by atoms with Gasteiger partial charge in [0.1, 0.15) is 5.75 Å². The van der Waals surface area contributed by atoms with Crippen LogP contribution in [0.2, 0.25) is 0 Å². The standard InChI is InChI=1S/C26H46O/c1-4-7-10-11-12-13-14-15-16-17-20-25-24(19-9-6-3)23(18-8-5-2)21-22-26(25)27/h21-22,27H,4-20H2,1-3H3. The molecule has 1 rings (SSSR count). The zero-order valence-corrected chi connectivity index (χ0v) is 18.6. The number of aryl methyl sites for hydroxylation is 1. The fourth-order valence-corrected chi connectivity index (χ4v) is 4.06. The summed E-state index contributed by atoms with van der Waals surface area (Å²) in [5.74, 6) is 0.539. The van der Waals surface area contributed by atoms with Crippen LogP contribution in [0.15, 0.2) is 12.1 Å². The summed E-state index contributed by atoms with van der Waals surface area (Å²) >= 11 is 0. The van der Waals surface area contributed by atoms with Crippen molar-refractivity contribution in [2.45, 2.75) is 130 Å². The van der Waals surface area contributed by atoms with Crippen LogP contribution in [0.1, 0.15) is 127 Å². The maximum absolute atomic E-state index is 10.5. The van der Waals surface area contributed by atoms with Crippen LogP contribution in [0.3, 0.4) is 0 Å². The first-order valence-corrected chi connectivity index (χ1v) is 12.1. The van der Waals surface area contributed by atoms with Crippen molar-refractivity contribution in [1.82, 2.24) is 0 Å². The molecule has 27 heavy (non-hydrogen) atoms. The Labute approximate surface area is 170 Å². The Hall–Kier alpha value is -0.980. The van der Waals surface area contributed by atoms with Crippen LogP contribution in [-0.2, 0) is 19.3 Å². The average molecular weight is 375 g/mol. The van der Waals surface area contributed by atoms with E-state index < -0.39 is 0 Å². The van der Waals surface area contributed by atoms with E-state index in [1.54, 1.807) is 0 Å². The Morgan fingerprint density at radius 1 is 0.519 bits per heavy atom. The SMILES string of the molecule is CCCCCCCCCCCCc1c(O)ccc(CCCC)c1CCCC. The zero-order valence-electron chi connectivity index (χ0n) is 18.6. The van der Waals surface area contributed by atoms with Gasteiger partial charge in [0, 0.05) is 0 Å². The number of hydrogen-bond acceptors (Lipinski definition) is 1. The third-order valence-corrected chi connectivity index (χ3v) is 5.86. The number of phenolic OH excluding ortho intramolecular Hbond substituents is 1. The van der Waals surface area contributed by atoms with Gasteiger partial charge >= 0.3 is 0 Å². The maximum atomic E-state index is 10.5. The number of aromatic hydroxyl groups is 1. The number of hydrogen-bond donors (Lipinski definition) is 1. The van der Waals surface area contributed by atoms with Gasteiger partial charge in [-0.2, -0.15) is 0 Å². The summed E-state index contributed by atoms with van der Waals surface area (Å²) < 4.78 is 0. The molecule has 0 unspecified atom stereocenters. The van der Waals surface area contributed by atoms with Crippen molar-refractivity contribution in [3.05, 3.63) is 28.8 Å². The van der Waals surface area contributed by atoms with E-state index in [-0.39, 0.29) is 0 Å². The van der Waals surface area contributed by atoms with Crippen molar-refractivity contribution in [1.29, 1.82) is 0 Å². The largest absolute Gasteiger partial charge is 0.508 e. The highest BCUT2D eigenvalue weighted by Gasteiger charge is 2.12. The number of unbranched alkanes of at least 4 members (excludes halogenated alkanes) is 11. The quantitative estimate of drug-likeness (QED) is 0.271. The Morgan fingerprint density at radius 3 is 1.59 bits per heavy atom. The smallest absolute Gasteiger partial charge is 0.119 e. The highest BCUT2D eigenvalue weighted by atomic mass is 16.3. The molecule has 1 N–H and O–H groups in total. The monoisotopic (exact) mass is 374 g/mol. The van der Waals surface area contributed by atoms with E-state index in [0.29, 0.717) is 5.75 Å². The molecule has 0 amide bonds. The molecular formula is C26H46O. The van der Waals surface area contributed by atoms with Gasteiger partial charge in [0.05, 0.1) is 0 Å². The highest BCUT2D eigenvalue weighted by Crippen LogP contribution is 2.29. The second-order valence-electron chi connectivity index (χ2n) is 8.34. The maximum Gasteiger partial charge on any atom is 0.119 e. The molecule has 0 radical (unpaired) electrons. The molecule has 0 aliphatic rings. The molecule has 1 aromatic carbocycles. The molecule has 1 nitrogen and oxygen atoms in total. The molecule has 0 saturated heterocycles. The van der Waals surface area contributed by atoms with E-state index in [0.717, 1.165) is 12.8 Å². The van der Waals surface area contributed by atoms with Crippen LogP contribution in [0.4, 0.5) is 0 Å². The van der Waals surface area contributed by atoms with Crippen molar-refractivity contribution < 1.29 is 5.11 Å². The first-order chi connectivity index (χ1) is 13.2. The molecule has 0 aliphatic carbocycles. The number of benzene rings is 1. The fraction of sp³-hybridized carbons (Fsp3) is 0.769. The zero-order chi connectivity index (χ0) is 19.7. The van der Waals surface area contributed by atoms with Crippen LogP contribution in [0.25, 0.3) is 0 Å². The molecule has 0 saturated carbocycles. The molecular weight excluding hydrogens is 328 g/mol. The second-order valence-corrected chi connectivity index (χ2v) is 8.34. The van der Waals surface area contributed by atoms with Gasteiger partial charge in [-0.05, 0) is 61.3 Å². The number of phenols is 1. The summed E-state index contributed by atoms with van der Waals surface area (Å²) in [5.41, 5.74) is 4.23. The molecule has 0 aromatic heterocycles. The lowest BCUT2D eigenvalue weighted by Gasteiger charge is -2.17. The van der Waals surface area contributed by atoms with Crippen LogP contribution in [0.5, 0.6) is 5.75 Å². The van der Waals surface area contributed by atoms with Gasteiger partial charge in [0.15, 0.2) is 0 Å². The van der Waals surface area contributed by atoms with Gasteiger partial charge < -0.3 is 5.11 Å². The first kappa shape index (κ1) is 24.1. The van der Waals surface area contributed by atoms with E-state index in [4.69, 9.17) is 0 Å². The van der Waals surface area contributed by atoms with Crippen molar-refractivity contribution in [3.8, 4) is 5.75 Å². The Morgan fingerprint density at radius 2 is 1.00 bits per heavy atom. The lowest BCUT2D eigenvalue weighted by atomic mass is 9.90. The summed E-state index contributed by atoms with van der Waals surface area (Å²) in [5, 5.41) is 10.5. The minimum absolute atomic E-state index is 0.539. The van der Waals surface area contributed by atoms with Gasteiger partial charge in [0.25, 0.3) is 0 Å². The number of rotatable bonds is 17. The van der Waals surface area contributed by atoms with Crippen molar-refractivity contribution in [2.24, 2.45) is 0 Å². The fourth-order valence-electron chi connectivity index (χ4n) is 4.06. The van der Waals surface area contributed by atoms with Gasteiger partial charge in [-0.25, -0.2) is 0 Å².